The molecule has 0 bridgehead atoms. The van der Waals surface area contributed by atoms with E-state index in [1.807, 2.05) is 6.61 Å². The summed E-state index contributed by atoms with van der Waals surface area (Å²) in [5, 5.41) is 0. The van der Waals surface area contributed by atoms with E-state index in [4.69, 9.17) is 4.74 Å². The van der Waals surface area contributed by atoms with Crippen LogP contribution in [0.2, 0.25) is 0 Å². The third-order valence-corrected chi connectivity index (χ3v) is 2.42. The Hall–Kier alpha value is -0.0400. The highest BCUT2D eigenvalue weighted by atomic mass is 16.6. The first kappa shape index (κ1) is 10.0. The van der Waals surface area contributed by atoms with Gasteiger partial charge < -0.3 is 4.74 Å². The molecule has 1 heterocycles. The van der Waals surface area contributed by atoms with Crippen molar-refractivity contribution in [3.63, 3.8) is 0 Å². The molecule has 0 aliphatic carbocycles. The van der Waals surface area contributed by atoms with Gasteiger partial charge in [0, 0.05) is 0 Å². The Kier molecular flexibility index (Phi) is 5.42. The fourth-order valence-corrected chi connectivity index (χ4v) is 1.49. The maximum atomic E-state index is 5.03. The quantitative estimate of drug-likeness (QED) is 0.399. The van der Waals surface area contributed by atoms with Crippen molar-refractivity contribution in [1.29, 1.82) is 0 Å². The maximum Gasteiger partial charge on any atom is 0.113 e. The Balaban J connectivity index is 1.65. The van der Waals surface area contributed by atoms with Crippen LogP contribution in [0.5, 0.6) is 0 Å². The zero-order chi connectivity index (χ0) is 8.65. The summed E-state index contributed by atoms with van der Waals surface area (Å²) in [6.45, 7) is 4.21. The molecule has 1 saturated heterocycles. The van der Waals surface area contributed by atoms with E-state index in [1.54, 1.807) is 0 Å². The molecule has 1 nitrogen and oxygen atoms in total. The number of unbranched alkanes of at least 4 members (excludes halogenated alkanes) is 6. The van der Waals surface area contributed by atoms with Gasteiger partial charge in [-0.15, -0.1) is 0 Å². The molecular formula is C11H21O. The molecule has 1 unspecified atom stereocenters. The van der Waals surface area contributed by atoms with Gasteiger partial charge in [0.2, 0.25) is 0 Å². The predicted octanol–water partition coefficient (Wildman–Crippen LogP) is 3.69. The Labute approximate surface area is 76.5 Å². The van der Waals surface area contributed by atoms with Crippen molar-refractivity contribution in [3.8, 4) is 0 Å². The van der Waals surface area contributed by atoms with Crippen LogP contribution < -0.4 is 0 Å². The lowest BCUT2D eigenvalue weighted by Gasteiger charge is -1.98. The van der Waals surface area contributed by atoms with E-state index in [-0.39, 0.29) is 0 Å². The molecule has 0 aromatic carbocycles. The second-order valence-corrected chi connectivity index (χ2v) is 3.72. The smallest absolute Gasteiger partial charge is 0.113 e. The molecule has 1 atom stereocenters. The lowest BCUT2D eigenvalue weighted by Crippen LogP contribution is -1.84. The standard InChI is InChI=1S/C11H21O/c1-2-3-4-5-6-7-8-9-11-10-12-11/h10-11H,2-9H2,1H3. The summed E-state index contributed by atoms with van der Waals surface area (Å²) in [5.74, 6) is 0. The topological polar surface area (TPSA) is 12.5 Å². The Morgan fingerprint density at radius 3 is 2.17 bits per heavy atom. The molecular weight excluding hydrogens is 148 g/mol. The van der Waals surface area contributed by atoms with Crippen molar-refractivity contribution < 1.29 is 4.74 Å². The lowest BCUT2D eigenvalue weighted by atomic mass is 10.1. The molecule has 1 fully saturated rings. The van der Waals surface area contributed by atoms with Crippen molar-refractivity contribution in [2.75, 3.05) is 0 Å². The van der Waals surface area contributed by atoms with Crippen LogP contribution in [-0.4, -0.2) is 6.10 Å². The van der Waals surface area contributed by atoms with E-state index in [1.165, 1.54) is 51.4 Å². The number of ether oxygens (including phenoxy) is 1. The van der Waals surface area contributed by atoms with Gasteiger partial charge in [0.05, 0.1) is 6.10 Å². The van der Waals surface area contributed by atoms with E-state index < -0.39 is 0 Å². The van der Waals surface area contributed by atoms with E-state index in [2.05, 4.69) is 6.92 Å². The van der Waals surface area contributed by atoms with Gasteiger partial charge in [0.15, 0.2) is 0 Å². The van der Waals surface area contributed by atoms with Crippen LogP contribution in [0, 0.1) is 6.61 Å². The van der Waals surface area contributed by atoms with Gasteiger partial charge in [-0.25, -0.2) is 0 Å². The van der Waals surface area contributed by atoms with Gasteiger partial charge in [-0.3, -0.25) is 0 Å². The molecule has 0 aromatic rings. The third-order valence-electron chi connectivity index (χ3n) is 2.42. The molecule has 0 N–H and O–H groups in total. The molecule has 1 radical (unpaired) electrons. The van der Waals surface area contributed by atoms with Crippen molar-refractivity contribution in [3.05, 3.63) is 6.61 Å². The molecule has 1 aliphatic rings. The van der Waals surface area contributed by atoms with Crippen LogP contribution in [0.1, 0.15) is 58.3 Å². The highest BCUT2D eigenvalue weighted by Gasteiger charge is 2.21. The zero-order valence-electron chi connectivity index (χ0n) is 8.22. The SMILES string of the molecule is CCCCCCCCCC1[CH]O1. The minimum absolute atomic E-state index is 0.528. The summed E-state index contributed by atoms with van der Waals surface area (Å²) in [6, 6.07) is 0. The van der Waals surface area contributed by atoms with E-state index in [0.29, 0.717) is 6.10 Å². The third kappa shape index (κ3) is 5.59. The molecule has 0 spiro atoms. The van der Waals surface area contributed by atoms with E-state index >= 15 is 0 Å². The second kappa shape index (κ2) is 6.47. The van der Waals surface area contributed by atoms with Gasteiger partial charge in [-0.2, -0.15) is 0 Å². The van der Waals surface area contributed by atoms with Gasteiger partial charge in [-0.1, -0.05) is 51.9 Å². The molecule has 12 heavy (non-hydrogen) atoms. The van der Waals surface area contributed by atoms with Gasteiger partial charge >= 0.3 is 0 Å². The average molecular weight is 169 g/mol. The second-order valence-electron chi connectivity index (χ2n) is 3.72. The van der Waals surface area contributed by atoms with E-state index in [9.17, 15) is 0 Å². The molecule has 0 aromatic heterocycles. The summed E-state index contributed by atoms with van der Waals surface area (Å²) >= 11 is 0. The Morgan fingerprint density at radius 1 is 1.00 bits per heavy atom. The maximum absolute atomic E-state index is 5.03. The summed E-state index contributed by atoms with van der Waals surface area (Å²) in [5.41, 5.74) is 0. The molecule has 0 saturated carbocycles. The predicted molar refractivity (Wildman–Crippen MR) is 51.8 cm³/mol. The van der Waals surface area contributed by atoms with Crippen molar-refractivity contribution in [1.82, 2.24) is 0 Å². The highest BCUT2D eigenvalue weighted by molar-refractivity contribution is 4.81. The average Bonchev–Trinajstić information content (AvgIpc) is 2.87. The monoisotopic (exact) mass is 169 g/mol. The van der Waals surface area contributed by atoms with Gasteiger partial charge in [0.1, 0.15) is 6.61 Å². The van der Waals surface area contributed by atoms with Crippen molar-refractivity contribution >= 4 is 0 Å². The van der Waals surface area contributed by atoms with Crippen LogP contribution in [0.4, 0.5) is 0 Å². The largest absolute Gasteiger partial charge is 0.367 e. The van der Waals surface area contributed by atoms with Gasteiger partial charge in [-0.05, 0) is 6.42 Å². The number of hydrogen-bond donors (Lipinski definition) is 0. The highest BCUT2D eigenvalue weighted by Crippen LogP contribution is 2.22. The number of epoxide rings is 1. The lowest BCUT2D eigenvalue weighted by molar-refractivity contribution is 0.399. The van der Waals surface area contributed by atoms with Crippen LogP contribution in [0.3, 0.4) is 0 Å². The minimum Gasteiger partial charge on any atom is -0.367 e. The first-order valence-electron chi connectivity index (χ1n) is 5.42. The fourth-order valence-electron chi connectivity index (χ4n) is 1.49. The molecule has 1 heteroatoms. The molecule has 0 amide bonds. The van der Waals surface area contributed by atoms with Crippen molar-refractivity contribution in [2.24, 2.45) is 0 Å². The van der Waals surface area contributed by atoms with Crippen LogP contribution >= 0.6 is 0 Å². The van der Waals surface area contributed by atoms with Gasteiger partial charge in [0.25, 0.3) is 0 Å². The fraction of sp³-hybridized carbons (Fsp3) is 0.909. The molecule has 1 rings (SSSR count). The van der Waals surface area contributed by atoms with Crippen LogP contribution in [-0.2, 0) is 4.74 Å². The normalized spacial score (nSPS) is 21.2. The molecule has 71 valence electrons. The Morgan fingerprint density at radius 2 is 1.58 bits per heavy atom. The Bertz CT molecular complexity index is 97.2. The summed E-state index contributed by atoms with van der Waals surface area (Å²) in [6.07, 6.45) is 11.6. The summed E-state index contributed by atoms with van der Waals surface area (Å²) in [7, 11) is 0. The van der Waals surface area contributed by atoms with Crippen molar-refractivity contribution in [2.45, 2.75) is 64.4 Å². The van der Waals surface area contributed by atoms with Crippen LogP contribution in [0.25, 0.3) is 0 Å². The zero-order valence-corrected chi connectivity index (χ0v) is 8.22. The molecule has 1 aliphatic heterocycles. The summed E-state index contributed by atoms with van der Waals surface area (Å²) in [4.78, 5) is 0. The number of rotatable bonds is 8. The first-order valence-corrected chi connectivity index (χ1v) is 5.42. The van der Waals surface area contributed by atoms with Crippen LogP contribution in [0.15, 0.2) is 0 Å². The van der Waals surface area contributed by atoms with E-state index in [0.717, 1.165) is 0 Å². The minimum atomic E-state index is 0.528. The first-order chi connectivity index (χ1) is 5.93. The number of hydrogen-bond acceptors (Lipinski definition) is 1. The summed E-state index contributed by atoms with van der Waals surface area (Å²) < 4.78 is 5.03.